The van der Waals surface area contributed by atoms with E-state index in [4.69, 9.17) is 9.05 Å². The predicted octanol–water partition coefficient (Wildman–Crippen LogP) is 12.5. The maximum atomic E-state index is 13.4. The molecular weight excluding hydrogens is 718 g/mol. The Morgan fingerprint density at radius 1 is 0.400 bits per heavy atom. The third-order valence-corrected chi connectivity index (χ3v) is 8.50. The summed E-state index contributed by atoms with van der Waals surface area (Å²) in [6.45, 7) is 1.91. The predicted molar refractivity (Wildman–Crippen MR) is 196 cm³/mol. The van der Waals surface area contributed by atoms with E-state index in [0.717, 1.165) is 41.0 Å². The second kappa shape index (κ2) is 15.3. The van der Waals surface area contributed by atoms with Crippen LogP contribution in [0.25, 0.3) is 67.9 Å². The van der Waals surface area contributed by atoms with E-state index in [1.165, 1.54) is 0 Å². The molecule has 0 fully saturated rings. The van der Waals surface area contributed by atoms with Crippen LogP contribution in [-0.2, 0) is 12.4 Å². The quantitative estimate of drug-likeness (QED) is 0.158. The molecule has 6 aromatic carbocycles. The number of halogens is 6. The molecule has 0 atom stereocenters. The second-order valence-electron chi connectivity index (χ2n) is 12.4. The molecule has 8 aromatic rings. The van der Waals surface area contributed by atoms with Crippen LogP contribution in [0.3, 0.4) is 0 Å². The summed E-state index contributed by atoms with van der Waals surface area (Å²) in [5.74, 6) is 0.745. The van der Waals surface area contributed by atoms with Crippen molar-refractivity contribution < 1.29 is 35.4 Å². The van der Waals surface area contributed by atoms with Gasteiger partial charge in [0.05, 0.1) is 11.1 Å². The van der Waals surface area contributed by atoms with E-state index >= 15 is 0 Å². The van der Waals surface area contributed by atoms with E-state index < -0.39 is 23.5 Å². The number of aromatic nitrogens is 4. The molecule has 0 saturated carbocycles. The Morgan fingerprint density at radius 2 is 0.782 bits per heavy atom. The van der Waals surface area contributed by atoms with Crippen LogP contribution >= 0.6 is 0 Å². The van der Waals surface area contributed by atoms with Crippen molar-refractivity contribution >= 4 is 0 Å². The van der Waals surface area contributed by atoms with Gasteiger partial charge < -0.3 is 9.05 Å². The van der Waals surface area contributed by atoms with Gasteiger partial charge in [0.15, 0.2) is 0 Å². The van der Waals surface area contributed by atoms with Gasteiger partial charge in [0, 0.05) is 22.3 Å². The molecule has 2 heterocycles. The van der Waals surface area contributed by atoms with Gasteiger partial charge in [-0.15, -0.1) is 0 Å². The normalized spacial score (nSPS) is 11.5. The summed E-state index contributed by atoms with van der Waals surface area (Å²) in [5.41, 5.74) is 3.57. The fourth-order valence-electron chi connectivity index (χ4n) is 5.74. The first-order chi connectivity index (χ1) is 26.4. The highest BCUT2D eigenvalue weighted by Gasteiger charge is 2.33. The van der Waals surface area contributed by atoms with E-state index in [1.54, 1.807) is 72.8 Å². The molecule has 0 N–H and O–H groups in total. The van der Waals surface area contributed by atoms with Gasteiger partial charge in [0.1, 0.15) is 0 Å². The number of alkyl halides is 6. The van der Waals surface area contributed by atoms with Gasteiger partial charge in [0.2, 0.25) is 11.6 Å². The molecule has 0 bridgehead atoms. The summed E-state index contributed by atoms with van der Waals surface area (Å²) in [6.07, 6.45) is -8.97. The highest BCUT2D eigenvalue weighted by molar-refractivity contribution is 5.73. The van der Waals surface area contributed by atoms with Gasteiger partial charge in [-0.2, -0.15) is 36.3 Å². The summed E-state index contributed by atoms with van der Waals surface area (Å²) >= 11 is 0. The third kappa shape index (κ3) is 8.54. The number of rotatable bonds is 6. The zero-order valence-electron chi connectivity index (χ0n) is 28.8. The smallest absolute Gasteiger partial charge is 0.334 e. The molecule has 6 nitrogen and oxygen atoms in total. The van der Waals surface area contributed by atoms with E-state index in [0.29, 0.717) is 33.9 Å². The van der Waals surface area contributed by atoms with E-state index in [2.05, 4.69) is 20.3 Å². The van der Waals surface area contributed by atoms with Crippen molar-refractivity contribution in [1.29, 1.82) is 0 Å². The van der Waals surface area contributed by atoms with E-state index in [-0.39, 0.29) is 22.9 Å². The first-order valence-corrected chi connectivity index (χ1v) is 16.8. The van der Waals surface area contributed by atoms with Crippen LogP contribution in [0.2, 0.25) is 0 Å². The van der Waals surface area contributed by atoms with Gasteiger partial charge in [0.25, 0.3) is 11.8 Å². The lowest BCUT2D eigenvalue weighted by atomic mass is 9.99. The molecular formula is C43H28F6N4O2. The van der Waals surface area contributed by atoms with Gasteiger partial charge in [-0.25, -0.2) is 0 Å². The molecule has 55 heavy (non-hydrogen) atoms. The van der Waals surface area contributed by atoms with Crippen molar-refractivity contribution in [2.24, 2.45) is 0 Å². The van der Waals surface area contributed by atoms with E-state index in [1.807, 2.05) is 61.5 Å². The van der Waals surface area contributed by atoms with Crippen molar-refractivity contribution in [3.8, 4) is 67.9 Å². The average Bonchev–Trinajstić information content (AvgIpc) is 3.90. The average molecular weight is 747 g/mol. The van der Waals surface area contributed by atoms with Crippen LogP contribution in [0.15, 0.2) is 161 Å². The van der Waals surface area contributed by atoms with Crippen LogP contribution in [0.5, 0.6) is 0 Å². The molecule has 0 aliphatic heterocycles. The van der Waals surface area contributed by atoms with Crippen molar-refractivity contribution in [2.75, 3.05) is 0 Å². The van der Waals surface area contributed by atoms with Crippen LogP contribution in [-0.4, -0.2) is 20.3 Å². The topological polar surface area (TPSA) is 77.8 Å². The summed E-state index contributed by atoms with van der Waals surface area (Å²) in [5, 5.41) is 7.84. The summed E-state index contributed by atoms with van der Waals surface area (Å²) in [7, 11) is 0. The molecule has 0 aliphatic rings. The third-order valence-electron chi connectivity index (χ3n) is 8.50. The monoisotopic (exact) mass is 746 g/mol. The van der Waals surface area contributed by atoms with Gasteiger partial charge in [-0.1, -0.05) is 126 Å². The maximum absolute atomic E-state index is 13.4. The molecule has 274 valence electrons. The minimum absolute atomic E-state index is 0.0390. The lowest BCUT2D eigenvalue weighted by Crippen LogP contribution is -2.05. The fraction of sp³-hybridized carbons (Fsp3) is 0.0698. The molecule has 0 spiro atoms. The molecule has 2 aromatic heterocycles. The molecule has 8 rings (SSSR count). The number of aryl methyl sites for hydroxylation is 1. The molecule has 12 heteroatoms. The summed E-state index contributed by atoms with van der Waals surface area (Å²) < 4.78 is 91.0. The lowest BCUT2D eigenvalue weighted by molar-refractivity contribution is -0.138. The molecule has 0 saturated heterocycles. The largest absolute Gasteiger partial charge is 0.416 e. The summed E-state index contributed by atoms with van der Waals surface area (Å²) in [4.78, 5) is 8.59. The Labute approximate surface area is 310 Å². The van der Waals surface area contributed by atoms with Crippen LogP contribution < -0.4 is 0 Å². The zero-order chi connectivity index (χ0) is 38.6. The number of nitrogens with zero attached hydrogens (tertiary/aromatic N) is 4. The van der Waals surface area contributed by atoms with Crippen LogP contribution in [0, 0.1) is 6.92 Å². The summed E-state index contributed by atoms with van der Waals surface area (Å²) in [6, 6.07) is 41.8. The molecule has 0 amide bonds. The Bertz CT molecular complexity index is 2530. The highest BCUT2D eigenvalue weighted by atomic mass is 19.4. The molecule has 0 unspecified atom stereocenters. The SMILES string of the molecule is Cc1ccccc1-c1noc(-c2cc(-c3ccccc3)cc(C(F)(F)F)c2)n1.FC(F)(F)c1cc(-c2ccccc2)cc(-c2nc(-c3ccccc3)no2)c1. The maximum Gasteiger partial charge on any atom is 0.416 e. The van der Waals surface area contributed by atoms with Crippen LogP contribution in [0.4, 0.5) is 26.3 Å². The Balaban J connectivity index is 0.000000169. The lowest BCUT2D eigenvalue weighted by Gasteiger charge is -2.11. The van der Waals surface area contributed by atoms with Gasteiger partial charge >= 0.3 is 12.4 Å². The minimum atomic E-state index is -4.49. The first-order valence-electron chi connectivity index (χ1n) is 16.8. The van der Waals surface area contributed by atoms with Crippen molar-refractivity contribution in [1.82, 2.24) is 20.3 Å². The van der Waals surface area contributed by atoms with E-state index in [9.17, 15) is 26.3 Å². The Hall–Kier alpha value is -6.82. The van der Waals surface area contributed by atoms with Crippen molar-refractivity contribution in [3.05, 3.63) is 168 Å². The fourth-order valence-corrected chi connectivity index (χ4v) is 5.74. The zero-order valence-corrected chi connectivity index (χ0v) is 28.8. The van der Waals surface area contributed by atoms with Crippen LogP contribution in [0.1, 0.15) is 16.7 Å². The second-order valence-corrected chi connectivity index (χ2v) is 12.4. The Kier molecular flexibility index (Phi) is 10.1. The van der Waals surface area contributed by atoms with Crippen molar-refractivity contribution in [2.45, 2.75) is 19.3 Å². The van der Waals surface area contributed by atoms with Crippen molar-refractivity contribution in [3.63, 3.8) is 0 Å². The standard InChI is InChI=1S/C22H15F3N2O.C21H13F3N2O/c1-14-7-5-6-10-19(14)20-26-21(28-27-20)17-11-16(15-8-3-2-4-9-15)12-18(13-17)22(23,24)25;22-21(23,24)18-12-16(14-7-3-1-4-8-14)11-17(13-18)20-25-19(26-27-20)15-9-5-2-6-10-15/h2-13H,1H3;1-13H. The number of hydrogen-bond acceptors (Lipinski definition) is 6. The molecule has 0 aliphatic carbocycles. The number of benzene rings is 6. The van der Waals surface area contributed by atoms with Gasteiger partial charge in [-0.3, -0.25) is 0 Å². The van der Waals surface area contributed by atoms with Gasteiger partial charge in [-0.05, 0) is 71.1 Å². The minimum Gasteiger partial charge on any atom is -0.334 e. The Morgan fingerprint density at radius 3 is 1.24 bits per heavy atom. The molecule has 0 radical (unpaired) electrons. The first kappa shape index (κ1) is 36.5. The highest BCUT2D eigenvalue weighted by Crippen LogP contribution is 2.38. The number of hydrogen-bond donors (Lipinski definition) is 0.